The van der Waals surface area contributed by atoms with Crippen LogP contribution in [0.5, 0.6) is 11.5 Å². The van der Waals surface area contributed by atoms with Crippen LogP contribution in [0.2, 0.25) is 0 Å². The molecule has 0 bridgehead atoms. The van der Waals surface area contributed by atoms with Gasteiger partial charge in [0.2, 0.25) is 0 Å². The Morgan fingerprint density at radius 2 is 0.923 bits per heavy atom. The smallest absolute Gasteiger partial charge is 0.119 e. The quantitative estimate of drug-likeness (QED) is 0.522. The molecule has 26 heavy (non-hydrogen) atoms. The van der Waals surface area contributed by atoms with E-state index in [1.807, 2.05) is 24.3 Å². The normalized spacial score (nSPS) is 10.7. The fraction of sp³-hybridized carbons (Fsp3) is 0.217. The lowest BCUT2D eigenvalue weighted by atomic mass is 10.0. The molecule has 0 radical (unpaired) electrons. The van der Waals surface area contributed by atoms with Crippen LogP contribution >= 0.6 is 0 Å². The molecule has 0 unspecified atom stereocenters. The van der Waals surface area contributed by atoms with Crippen molar-refractivity contribution in [3.63, 3.8) is 0 Å². The number of benzene rings is 3. The predicted octanol–water partition coefficient (Wildman–Crippen LogP) is 6.30. The van der Waals surface area contributed by atoms with Crippen molar-refractivity contribution in [2.24, 2.45) is 0 Å². The molecule has 0 heterocycles. The van der Waals surface area contributed by atoms with Crippen LogP contribution in [0.15, 0.2) is 72.8 Å². The van der Waals surface area contributed by atoms with E-state index < -0.39 is 0 Å². The number of methoxy groups -OCH3 is 2. The molecule has 3 aromatic rings. The van der Waals surface area contributed by atoms with Crippen molar-refractivity contribution >= 4 is 17.1 Å². The van der Waals surface area contributed by atoms with Gasteiger partial charge in [0.25, 0.3) is 0 Å². The molecule has 0 atom stereocenters. The zero-order valence-corrected chi connectivity index (χ0v) is 15.8. The minimum Gasteiger partial charge on any atom is -0.497 e. The third kappa shape index (κ3) is 3.83. The van der Waals surface area contributed by atoms with Gasteiger partial charge in [-0.05, 0) is 72.1 Å². The second-order valence-electron chi connectivity index (χ2n) is 6.48. The molecule has 3 heteroatoms. The maximum absolute atomic E-state index is 5.30. The van der Waals surface area contributed by atoms with Gasteiger partial charge < -0.3 is 14.4 Å². The number of ether oxygens (including phenoxy) is 2. The number of hydrogen-bond donors (Lipinski definition) is 0. The summed E-state index contributed by atoms with van der Waals surface area (Å²) in [6.45, 7) is 4.42. The molecular weight excluding hydrogens is 322 g/mol. The minimum atomic E-state index is 0.513. The maximum Gasteiger partial charge on any atom is 0.119 e. The molecule has 0 aliphatic carbocycles. The first-order valence-electron chi connectivity index (χ1n) is 8.80. The van der Waals surface area contributed by atoms with Gasteiger partial charge in [-0.25, -0.2) is 0 Å². The standard InChI is InChI=1S/C23H25NO2/c1-17(2)18-5-7-19(8-6-18)24(20-9-13-22(25-3)14-10-20)21-11-15-23(26-4)16-12-21/h5-17H,1-4H3. The number of hydrogen-bond acceptors (Lipinski definition) is 3. The second kappa shape index (κ2) is 7.96. The average Bonchev–Trinajstić information content (AvgIpc) is 2.69. The Balaban J connectivity index is 2.04. The first-order valence-corrected chi connectivity index (χ1v) is 8.80. The van der Waals surface area contributed by atoms with Crippen molar-refractivity contribution in [3.8, 4) is 11.5 Å². The highest BCUT2D eigenvalue weighted by atomic mass is 16.5. The van der Waals surface area contributed by atoms with Crippen LogP contribution < -0.4 is 14.4 Å². The number of nitrogens with zero attached hydrogens (tertiary/aromatic N) is 1. The molecule has 0 aliphatic rings. The maximum atomic E-state index is 5.30. The molecule has 0 amide bonds. The fourth-order valence-corrected chi connectivity index (χ4v) is 2.92. The van der Waals surface area contributed by atoms with Crippen LogP contribution in [0.25, 0.3) is 0 Å². The summed E-state index contributed by atoms with van der Waals surface area (Å²) in [6.07, 6.45) is 0. The second-order valence-corrected chi connectivity index (χ2v) is 6.48. The average molecular weight is 347 g/mol. The van der Waals surface area contributed by atoms with Gasteiger partial charge in [0.05, 0.1) is 14.2 Å². The third-order valence-electron chi connectivity index (χ3n) is 4.48. The SMILES string of the molecule is COc1ccc(N(c2ccc(OC)cc2)c2ccc(C(C)C)cc2)cc1. The minimum absolute atomic E-state index is 0.513. The van der Waals surface area contributed by atoms with Gasteiger partial charge in [-0.3, -0.25) is 0 Å². The Labute approximate surface area is 155 Å². The molecular formula is C23H25NO2. The molecule has 0 saturated carbocycles. The van der Waals surface area contributed by atoms with E-state index in [0.717, 1.165) is 28.6 Å². The van der Waals surface area contributed by atoms with E-state index in [2.05, 4.69) is 67.3 Å². The summed E-state index contributed by atoms with van der Waals surface area (Å²) >= 11 is 0. The topological polar surface area (TPSA) is 21.7 Å². The lowest BCUT2D eigenvalue weighted by Crippen LogP contribution is -2.10. The summed E-state index contributed by atoms with van der Waals surface area (Å²) in [5.74, 6) is 2.21. The molecule has 0 N–H and O–H groups in total. The summed E-state index contributed by atoms with van der Waals surface area (Å²) in [5.41, 5.74) is 4.60. The summed E-state index contributed by atoms with van der Waals surface area (Å²) in [5, 5.41) is 0. The van der Waals surface area contributed by atoms with Crippen molar-refractivity contribution in [1.82, 2.24) is 0 Å². The number of rotatable bonds is 6. The van der Waals surface area contributed by atoms with Gasteiger partial charge >= 0.3 is 0 Å². The Morgan fingerprint density at radius 3 is 1.23 bits per heavy atom. The molecule has 3 rings (SSSR count). The van der Waals surface area contributed by atoms with Crippen LogP contribution in [-0.2, 0) is 0 Å². The summed E-state index contributed by atoms with van der Waals surface area (Å²) in [7, 11) is 3.36. The highest BCUT2D eigenvalue weighted by Crippen LogP contribution is 2.36. The first-order chi connectivity index (χ1) is 12.6. The van der Waals surface area contributed by atoms with Gasteiger partial charge in [0, 0.05) is 17.1 Å². The van der Waals surface area contributed by atoms with E-state index in [0.29, 0.717) is 5.92 Å². The molecule has 0 spiro atoms. The summed E-state index contributed by atoms with van der Waals surface area (Å²) in [6, 6.07) is 24.9. The van der Waals surface area contributed by atoms with Crippen molar-refractivity contribution < 1.29 is 9.47 Å². The van der Waals surface area contributed by atoms with Gasteiger partial charge in [0.1, 0.15) is 11.5 Å². The number of anilines is 3. The monoisotopic (exact) mass is 347 g/mol. The zero-order valence-electron chi connectivity index (χ0n) is 15.8. The molecule has 0 fully saturated rings. The summed E-state index contributed by atoms with van der Waals surface area (Å²) in [4.78, 5) is 2.23. The van der Waals surface area contributed by atoms with Gasteiger partial charge in [-0.2, -0.15) is 0 Å². The lowest BCUT2D eigenvalue weighted by Gasteiger charge is -2.26. The largest absolute Gasteiger partial charge is 0.497 e. The van der Waals surface area contributed by atoms with Crippen molar-refractivity contribution in [1.29, 1.82) is 0 Å². The van der Waals surface area contributed by atoms with E-state index in [1.54, 1.807) is 14.2 Å². The zero-order chi connectivity index (χ0) is 18.5. The van der Waals surface area contributed by atoms with Gasteiger partial charge in [-0.1, -0.05) is 26.0 Å². The summed E-state index contributed by atoms with van der Waals surface area (Å²) < 4.78 is 10.6. The molecule has 134 valence electrons. The Morgan fingerprint density at radius 1 is 0.577 bits per heavy atom. The Kier molecular flexibility index (Phi) is 5.47. The van der Waals surface area contributed by atoms with Crippen LogP contribution in [0.1, 0.15) is 25.3 Å². The van der Waals surface area contributed by atoms with Gasteiger partial charge in [0.15, 0.2) is 0 Å². The Bertz CT molecular complexity index is 774. The molecule has 3 aromatic carbocycles. The van der Waals surface area contributed by atoms with Gasteiger partial charge in [-0.15, -0.1) is 0 Å². The van der Waals surface area contributed by atoms with E-state index in [-0.39, 0.29) is 0 Å². The van der Waals surface area contributed by atoms with Crippen LogP contribution in [0.4, 0.5) is 17.1 Å². The van der Waals surface area contributed by atoms with Crippen LogP contribution in [0, 0.1) is 0 Å². The third-order valence-corrected chi connectivity index (χ3v) is 4.48. The van der Waals surface area contributed by atoms with Crippen molar-refractivity contribution in [3.05, 3.63) is 78.4 Å². The van der Waals surface area contributed by atoms with E-state index in [9.17, 15) is 0 Å². The lowest BCUT2D eigenvalue weighted by molar-refractivity contribution is 0.415. The van der Waals surface area contributed by atoms with Crippen LogP contribution in [-0.4, -0.2) is 14.2 Å². The first kappa shape index (κ1) is 17.9. The predicted molar refractivity (Wildman–Crippen MR) is 108 cm³/mol. The van der Waals surface area contributed by atoms with E-state index in [4.69, 9.17) is 9.47 Å². The van der Waals surface area contributed by atoms with E-state index in [1.165, 1.54) is 5.56 Å². The fourth-order valence-electron chi connectivity index (χ4n) is 2.92. The van der Waals surface area contributed by atoms with Crippen molar-refractivity contribution in [2.75, 3.05) is 19.1 Å². The Hall–Kier alpha value is -2.94. The molecule has 0 aliphatic heterocycles. The molecule has 0 saturated heterocycles. The highest BCUT2D eigenvalue weighted by molar-refractivity contribution is 5.77. The van der Waals surface area contributed by atoms with Crippen molar-refractivity contribution in [2.45, 2.75) is 19.8 Å². The van der Waals surface area contributed by atoms with Crippen LogP contribution in [0.3, 0.4) is 0 Å². The highest BCUT2D eigenvalue weighted by Gasteiger charge is 2.13. The van der Waals surface area contributed by atoms with E-state index >= 15 is 0 Å². The molecule has 3 nitrogen and oxygen atoms in total. The molecule has 0 aromatic heterocycles.